The lowest BCUT2D eigenvalue weighted by Gasteiger charge is -2.20. The Bertz CT molecular complexity index is 867. The van der Waals surface area contributed by atoms with Gasteiger partial charge in [0.2, 0.25) is 5.91 Å². The third-order valence-electron chi connectivity index (χ3n) is 4.71. The lowest BCUT2D eigenvalue weighted by molar-refractivity contribution is -0.130. The third-order valence-corrected chi connectivity index (χ3v) is 4.71. The van der Waals surface area contributed by atoms with E-state index in [9.17, 15) is 4.79 Å². The highest BCUT2D eigenvalue weighted by molar-refractivity contribution is 5.76. The molecule has 1 amide bonds. The highest BCUT2D eigenvalue weighted by Crippen LogP contribution is 2.11. The number of nitrogens with one attached hydrogen (secondary N) is 1. The maximum atomic E-state index is 12.5. The van der Waals surface area contributed by atoms with Crippen LogP contribution in [0.4, 0.5) is 0 Å². The molecule has 3 aromatic rings. The molecule has 1 aromatic carbocycles. The van der Waals surface area contributed by atoms with Gasteiger partial charge in [0.05, 0.1) is 17.6 Å². The molecule has 9 nitrogen and oxygen atoms in total. The minimum absolute atomic E-state index is 0.0353. The zero-order valence-corrected chi connectivity index (χ0v) is 16.3. The molecule has 0 saturated heterocycles. The number of nitrogens with zero attached hydrogens (tertiary/aromatic N) is 7. The normalized spacial score (nSPS) is 11.6. The van der Waals surface area contributed by atoms with Crippen LogP contribution in [0.1, 0.15) is 25.5 Å². The van der Waals surface area contributed by atoms with E-state index in [1.165, 1.54) is 0 Å². The summed E-state index contributed by atoms with van der Waals surface area (Å²) in [5, 5.41) is 11.7. The average molecular weight is 370 g/mol. The number of hydrogen-bond acceptors (Lipinski definition) is 6. The van der Waals surface area contributed by atoms with Crippen LogP contribution in [0.15, 0.2) is 24.3 Å². The van der Waals surface area contributed by atoms with Gasteiger partial charge in [0.25, 0.3) is 0 Å². The summed E-state index contributed by atoms with van der Waals surface area (Å²) in [7, 11) is 3.79. The van der Waals surface area contributed by atoms with Crippen molar-refractivity contribution in [3.05, 3.63) is 35.9 Å². The summed E-state index contributed by atoms with van der Waals surface area (Å²) in [5.74, 6) is 1.52. The molecule has 0 fully saturated rings. The largest absolute Gasteiger partial charge is 0.344 e. The first-order valence-corrected chi connectivity index (χ1v) is 9.07. The van der Waals surface area contributed by atoms with Gasteiger partial charge in [-0.15, -0.1) is 5.10 Å². The van der Waals surface area contributed by atoms with Gasteiger partial charge in [-0.05, 0) is 43.5 Å². The number of carbonyl (C=O) groups is 1. The molecule has 0 atom stereocenters. The van der Waals surface area contributed by atoms with E-state index in [1.54, 1.807) is 16.6 Å². The lowest BCUT2D eigenvalue weighted by atomic mass is 10.3. The molecule has 0 saturated carbocycles. The minimum Gasteiger partial charge on any atom is -0.344 e. The Morgan fingerprint density at radius 2 is 2.04 bits per heavy atom. The summed E-state index contributed by atoms with van der Waals surface area (Å²) in [6, 6.07) is 8.27. The number of aromatic amines is 1. The Hall–Kier alpha value is -2.81. The second-order valence-electron chi connectivity index (χ2n) is 7.03. The SMILES string of the molecule is CC(C)N(C)Cc1nnnn1CC(=O)N(C)CCc1nc2ccccc2[nH]1. The number of para-hydroxylation sites is 2. The van der Waals surface area contributed by atoms with Crippen LogP contribution in [0.25, 0.3) is 11.0 Å². The Balaban J connectivity index is 1.55. The molecule has 0 bridgehead atoms. The molecule has 3 rings (SSSR count). The fourth-order valence-electron chi connectivity index (χ4n) is 2.64. The predicted molar refractivity (Wildman–Crippen MR) is 102 cm³/mol. The molecular formula is C18H26N8O. The summed E-state index contributed by atoms with van der Waals surface area (Å²) < 4.78 is 1.57. The van der Waals surface area contributed by atoms with Crippen molar-refractivity contribution in [2.24, 2.45) is 0 Å². The van der Waals surface area contributed by atoms with Crippen molar-refractivity contribution in [1.29, 1.82) is 0 Å². The quantitative estimate of drug-likeness (QED) is 0.638. The number of hydrogen-bond donors (Lipinski definition) is 1. The summed E-state index contributed by atoms with van der Waals surface area (Å²) >= 11 is 0. The van der Waals surface area contributed by atoms with Crippen LogP contribution in [-0.2, 0) is 24.3 Å². The molecule has 0 aliphatic rings. The number of benzene rings is 1. The van der Waals surface area contributed by atoms with E-state index in [4.69, 9.17) is 0 Å². The predicted octanol–water partition coefficient (Wildman–Crippen LogP) is 1.09. The summed E-state index contributed by atoms with van der Waals surface area (Å²) in [6.07, 6.45) is 0.662. The van der Waals surface area contributed by atoms with Crippen LogP contribution in [0.5, 0.6) is 0 Å². The van der Waals surface area contributed by atoms with Crippen molar-refractivity contribution in [3.8, 4) is 0 Å². The fraction of sp³-hybridized carbons (Fsp3) is 0.500. The molecule has 0 unspecified atom stereocenters. The monoisotopic (exact) mass is 370 g/mol. The highest BCUT2D eigenvalue weighted by atomic mass is 16.2. The van der Waals surface area contributed by atoms with Gasteiger partial charge < -0.3 is 9.88 Å². The Kier molecular flexibility index (Phi) is 5.80. The van der Waals surface area contributed by atoms with Crippen molar-refractivity contribution in [3.63, 3.8) is 0 Å². The zero-order chi connectivity index (χ0) is 19.4. The van der Waals surface area contributed by atoms with Crippen molar-refractivity contribution < 1.29 is 4.79 Å². The molecule has 144 valence electrons. The number of rotatable bonds is 8. The maximum Gasteiger partial charge on any atom is 0.244 e. The Morgan fingerprint density at radius 1 is 1.26 bits per heavy atom. The molecule has 0 spiro atoms. The van der Waals surface area contributed by atoms with E-state index in [-0.39, 0.29) is 12.5 Å². The van der Waals surface area contributed by atoms with Crippen LogP contribution in [-0.4, -0.2) is 72.6 Å². The van der Waals surface area contributed by atoms with Crippen molar-refractivity contribution in [1.82, 2.24) is 40.0 Å². The Labute approximate surface area is 158 Å². The van der Waals surface area contributed by atoms with E-state index in [0.29, 0.717) is 31.4 Å². The standard InChI is InChI=1S/C18H26N8O/c1-13(2)25(4)11-17-21-22-23-26(17)12-18(27)24(3)10-9-16-19-14-7-5-6-8-15(14)20-16/h5-8,13H,9-12H2,1-4H3,(H,19,20). The molecule has 0 aliphatic heterocycles. The van der Waals surface area contributed by atoms with Gasteiger partial charge in [-0.2, -0.15) is 0 Å². The number of tetrazole rings is 1. The first-order chi connectivity index (χ1) is 12.9. The summed E-state index contributed by atoms with van der Waals surface area (Å²) in [6.45, 7) is 5.50. The van der Waals surface area contributed by atoms with Gasteiger partial charge in [-0.3, -0.25) is 9.69 Å². The van der Waals surface area contributed by atoms with Gasteiger partial charge in [-0.1, -0.05) is 12.1 Å². The first kappa shape index (κ1) is 19.0. The maximum absolute atomic E-state index is 12.5. The number of imidazole rings is 1. The Morgan fingerprint density at radius 3 is 2.78 bits per heavy atom. The van der Waals surface area contributed by atoms with E-state index in [1.807, 2.05) is 31.3 Å². The number of amides is 1. The van der Waals surface area contributed by atoms with Gasteiger partial charge in [-0.25, -0.2) is 9.67 Å². The third kappa shape index (κ3) is 4.68. The first-order valence-electron chi connectivity index (χ1n) is 9.07. The topological polar surface area (TPSA) is 95.8 Å². The number of likely N-dealkylation sites (N-methyl/N-ethyl adjacent to an activating group) is 1. The molecule has 9 heteroatoms. The van der Waals surface area contributed by atoms with Crippen molar-refractivity contribution in [2.75, 3.05) is 20.6 Å². The van der Waals surface area contributed by atoms with E-state index in [0.717, 1.165) is 16.9 Å². The second kappa shape index (κ2) is 8.26. The fourth-order valence-corrected chi connectivity index (χ4v) is 2.64. The van der Waals surface area contributed by atoms with Gasteiger partial charge in [0.1, 0.15) is 12.4 Å². The number of fused-ring (bicyclic) bond motifs is 1. The molecule has 2 aromatic heterocycles. The second-order valence-corrected chi connectivity index (χ2v) is 7.03. The van der Waals surface area contributed by atoms with E-state index in [2.05, 4.69) is 44.2 Å². The van der Waals surface area contributed by atoms with Gasteiger partial charge in [0, 0.05) is 26.1 Å². The van der Waals surface area contributed by atoms with Crippen LogP contribution in [0.2, 0.25) is 0 Å². The molecule has 0 aliphatic carbocycles. The summed E-state index contributed by atoms with van der Waals surface area (Å²) in [5.41, 5.74) is 1.95. The van der Waals surface area contributed by atoms with Gasteiger partial charge >= 0.3 is 0 Å². The molecule has 2 heterocycles. The zero-order valence-electron chi connectivity index (χ0n) is 16.3. The van der Waals surface area contributed by atoms with Crippen LogP contribution >= 0.6 is 0 Å². The van der Waals surface area contributed by atoms with Crippen LogP contribution in [0, 0.1) is 0 Å². The van der Waals surface area contributed by atoms with Gasteiger partial charge in [0.15, 0.2) is 5.82 Å². The molecule has 0 radical (unpaired) electrons. The highest BCUT2D eigenvalue weighted by Gasteiger charge is 2.16. The van der Waals surface area contributed by atoms with Crippen LogP contribution < -0.4 is 0 Å². The van der Waals surface area contributed by atoms with E-state index >= 15 is 0 Å². The lowest BCUT2D eigenvalue weighted by Crippen LogP contribution is -2.34. The summed E-state index contributed by atoms with van der Waals surface area (Å²) in [4.78, 5) is 24.2. The number of H-pyrrole nitrogens is 1. The van der Waals surface area contributed by atoms with E-state index < -0.39 is 0 Å². The smallest absolute Gasteiger partial charge is 0.244 e. The van der Waals surface area contributed by atoms with Crippen molar-refractivity contribution in [2.45, 2.75) is 39.4 Å². The minimum atomic E-state index is -0.0353. The van der Waals surface area contributed by atoms with Crippen molar-refractivity contribution >= 4 is 16.9 Å². The molecular weight excluding hydrogens is 344 g/mol. The molecule has 1 N–H and O–H groups in total. The number of carbonyl (C=O) groups excluding carboxylic acids is 1. The number of aromatic nitrogens is 6. The average Bonchev–Trinajstić information content (AvgIpc) is 3.25. The van der Waals surface area contributed by atoms with Crippen LogP contribution in [0.3, 0.4) is 0 Å². The molecule has 27 heavy (non-hydrogen) atoms.